The number of hydrogen-bond donors (Lipinski definition) is 0. The van der Waals surface area contributed by atoms with Gasteiger partial charge >= 0.3 is 0 Å². The van der Waals surface area contributed by atoms with E-state index in [-0.39, 0.29) is 42.0 Å². The van der Waals surface area contributed by atoms with Crippen LogP contribution in [-0.2, 0) is 14.4 Å². The molecule has 23 heavy (non-hydrogen) atoms. The van der Waals surface area contributed by atoms with Crippen LogP contribution in [0.4, 0.5) is 0 Å². The summed E-state index contributed by atoms with van der Waals surface area (Å²) in [6.45, 7) is 13.3. The first-order valence-corrected chi connectivity index (χ1v) is 8.94. The summed E-state index contributed by atoms with van der Waals surface area (Å²) in [5, 5.41) is 0.579. The minimum absolute atomic E-state index is 0.00848. The molecule has 0 atom stereocenters. The molecular weight excluding hydrogens is 312 g/mol. The second-order valence-corrected chi connectivity index (χ2v) is 8.35. The van der Waals surface area contributed by atoms with Crippen molar-refractivity contribution in [3.8, 4) is 0 Å². The molecule has 2 amide bonds. The molecule has 0 aromatic heterocycles. The van der Waals surface area contributed by atoms with E-state index in [1.54, 1.807) is 4.90 Å². The van der Waals surface area contributed by atoms with Gasteiger partial charge < -0.3 is 4.90 Å². The molecule has 1 rings (SSSR count). The third-order valence-corrected chi connectivity index (χ3v) is 4.62. The topological polar surface area (TPSA) is 57.7 Å². The molecule has 1 heterocycles. The van der Waals surface area contributed by atoms with Crippen LogP contribution >= 0.6 is 11.8 Å². The Morgan fingerprint density at radius 3 is 2.17 bits per heavy atom. The lowest BCUT2D eigenvalue weighted by atomic mass is 9.91. The predicted molar refractivity (Wildman–Crippen MR) is 93.8 cm³/mol. The standard InChI is InChI=1S/C17H28N2O3S/c1-11(2)19(12(3)4)14(21)9-18-15(22)10-23-16(18)8-13(20)17(5,6)7/h8,11-12H,9-10H2,1-7H3. The smallest absolute Gasteiger partial charge is 0.243 e. The van der Waals surface area contributed by atoms with Crippen LogP contribution in [0.25, 0.3) is 0 Å². The highest BCUT2D eigenvalue weighted by atomic mass is 32.2. The van der Waals surface area contributed by atoms with E-state index in [9.17, 15) is 14.4 Å². The minimum Gasteiger partial charge on any atom is -0.336 e. The van der Waals surface area contributed by atoms with E-state index in [1.807, 2.05) is 48.5 Å². The van der Waals surface area contributed by atoms with E-state index in [0.29, 0.717) is 5.03 Å². The van der Waals surface area contributed by atoms with E-state index in [2.05, 4.69) is 0 Å². The second-order valence-electron chi connectivity index (χ2n) is 7.35. The number of allylic oxidation sites excluding steroid dienone is 1. The highest BCUT2D eigenvalue weighted by Gasteiger charge is 2.32. The maximum Gasteiger partial charge on any atom is 0.243 e. The fourth-order valence-electron chi connectivity index (χ4n) is 2.42. The van der Waals surface area contributed by atoms with Gasteiger partial charge in [0.1, 0.15) is 6.54 Å². The maximum atomic E-state index is 12.6. The number of rotatable bonds is 5. The summed E-state index contributed by atoms with van der Waals surface area (Å²) in [5.41, 5.74) is -0.503. The molecule has 6 heteroatoms. The SMILES string of the molecule is CC(C)N(C(=O)CN1C(=O)CSC1=CC(=O)C(C)(C)C)C(C)C. The first-order chi connectivity index (χ1) is 10.4. The van der Waals surface area contributed by atoms with Crippen LogP contribution in [0.15, 0.2) is 11.1 Å². The van der Waals surface area contributed by atoms with Gasteiger partial charge in [-0.25, -0.2) is 0 Å². The first kappa shape index (κ1) is 19.7. The van der Waals surface area contributed by atoms with Crippen LogP contribution in [0.2, 0.25) is 0 Å². The van der Waals surface area contributed by atoms with E-state index >= 15 is 0 Å². The summed E-state index contributed by atoms with van der Waals surface area (Å²) in [6, 6.07) is 0.132. The monoisotopic (exact) mass is 340 g/mol. The molecule has 130 valence electrons. The van der Waals surface area contributed by atoms with E-state index in [0.717, 1.165) is 0 Å². The molecule has 1 aliphatic rings. The number of nitrogens with zero attached hydrogens (tertiary/aromatic N) is 2. The first-order valence-electron chi connectivity index (χ1n) is 7.95. The Morgan fingerprint density at radius 1 is 1.22 bits per heavy atom. The summed E-state index contributed by atoms with van der Waals surface area (Å²) in [5.74, 6) is 0.0142. The van der Waals surface area contributed by atoms with Gasteiger partial charge in [0.2, 0.25) is 11.8 Å². The highest BCUT2D eigenvalue weighted by Crippen LogP contribution is 2.30. The number of amides is 2. The molecule has 0 spiro atoms. The Kier molecular flexibility index (Phi) is 6.45. The van der Waals surface area contributed by atoms with Gasteiger partial charge in [-0.1, -0.05) is 32.5 Å². The van der Waals surface area contributed by atoms with Crippen LogP contribution in [0.1, 0.15) is 48.5 Å². The van der Waals surface area contributed by atoms with Gasteiger partial charge in [0.25, 0.3) is 0 Å². The van der Waals surface area contributed by atoms with Crippen molar-refractivity contribution in [1.82, 2.24) is 9.80 Å². The largest absolute Gasteiger partial charge is 0.336 e. The number of carbonyl (C=O) groups excluding carboxylic acids is 3. The van der Waals surface area contributed by atoms with Gasteiger partial charge in [0.05, 0.1) is 10.8 Å². The quantitative estimate of drug-likeness (QED) is 0.722. The Morgan fingerprint density at radius 2 is 1.74 bits per heavy atom. The Hall–Kier alpha value is -1.30. The zero-order valence-electron chi connectivity index (χ0n) is 15.2. The second kappa shape index (κ2) is 7.51. The van der Waals surface area contributed by atoms with Crippen molar-refractivity contribution in [2.24, 2.45) is 5.41 Å². The maximum absolute atomic E-state index is 12.6. The van der Waals surface area contributed by atoms with Crippen molar-refractivity contribution >= 4 is 29.4 Å². The highest BCUT2D eigenvalue weighted by molar-refractivity contribution is 8.04. The van der Waals surface area contributed by atoms with Gasteiger partial charge in [0.15, 0.2) is 5.78 Å². The summed E-state index contributed by atoms with van der Waals surface area (Å²) >= 11 is 1.32. The molecule has 1 aliphatic heterocycles. The molecule has 0 aliphatic carbocycles. The zero-order valence-corrected chi connectivity index (χ0v) is 16.0. The lowest BCUT2D eigenvalue weighted by Crippen LogP contribution is -2.47. The van der Waals surface area contributed by atoms with Crippen molar-refractivity contribution in [3.63, 3.8) is 0 Å². The third kappa shape index (κ3) is 5.09. The minimum atomic E-state index is -0.503. The van der Waals surface area contributed by atoms with Crippen molar-refractivity contribution in [3.05, 3.63) is 11.1 Å². The van der Waals surface area contributed by atoms with Crippen LogP contribution in [0.5, 0.6) is 0 Å². The van der Waals surface area contributed by atoms with Crippen molar-refractivity contribution in [2.45, 2.75) is 60.5 Å². The number of hydrogen-bond acceptors (Lipinski definition) is 4. The average Bonchev–Trinajstić information content (AvgIpc) is 2.69. The average molecular weight is 340 g/mol. The molecule has 0 bridgehead atoms. The van der Waals surface area contributed by atoms with Gasteiger partial charge in [-0.2, -0.15) is 0 Å². The van der Waals surface area contributed by atoms with Crippen LogP contribution in [0, 0.1) is 5.41 Å². The fraction of sp³-hybridized carbons (Fsp3) is 0.706. The molecule has 0 radical (unpaired) electrons. The Labute approximate surface area is 143 Å². The van der Waals surface area contributed by atoms with Crippen molar-refractivity contribution in [1.29, 1.82) is 0 Å². The summed E-state index contributed by atoms with van der Waals surface area (Å²) in [4.78, 5) is 40.1. The molecule has 0 aromatic carbocycles. The molecular formula is C17H28N2O3S. The molecule has 1 saturated heterocycles. The number of thioether (sulfide) groups is 1. The normalized spacial score (nSPS) is 17.5. The molecule has 1 fully saturated rings. The summed E-state index contributed by atoms with van der Waals surface area (Å²) in [7, 11) is 0. The van der Waals surface area contributed by atoms with Crippen LogP contribution < -0.4 is 0 Å². The van der Waals surface area contributed by atoms with Crippen LogP contribution in [0.3, 0.4) is 0 Å². The van der Waals surface area contributed by atoms with Gasteiger partial charge in [0, 0.05) is 23.6 Å². The van der Waals surface area contributed by atoms with Crippen molar-refractivity contribution in [2.75, 3.05) is 12.3 Å². The summed E-state index contributed by atoms with van der Waals surface area (Å²) < 4.78 is 0. The predicted octanol–water partition coefficient (Wildman–Crippen LogP) is 2.66. The zero-order chi connectivity index (χ0) is 17.9. The lowest BCUT2D eigenvalue weighted by Gasteiger charge is -2.32. The van der Waals surface area contributed by atoms with E-state index < -0.39 is 5.41 Å². The van der Waals surface area contributed by atoms with Crippen LogP contribution in [-0.4, -0.2) is 51.8 Å². The Bertz CT molecular complexity index is 510. The number of ketones is 1. The van der Waals surface area contributed by atoms with Gasteiger partial charge in [-0.05, 0) is 27.7 Å². The lowest BCUT2D eigenvalue weighted by molar-refractivity contribution is -0.139. The molecule has 0 aromatic rings. The van der Waals surface area contributed by atoms with E-state index in [1.165, 1.54) is 22.7 Å². The molecule has 0 N–H and O–H groups in total. The third-order valence-electron chi connectivity index (χ3n) is 3.60. The van der Waals surface area contributed by atoms with E-state index in [4.69, 9.17) is 0 Å². The Balaban J connectivity index is 2.96. The molecule has 0 unspecified atom stereocenters. The molecule has 5 nitrogen and oxygen atoms in total. The van der Waals surface area contributed by atoms with Gasteiger partial charge in [-0.15, -0.1) is 0 Å². The fourth-order valence-corrected chi connectivity index (χ4v) is 3.36. The number of carbonyl (C=O) groups is 3. The summed E-state index contributed by atoms with van der Waals surface area (Å²) in [6.07, 6.45) is 1.50. The van der Waals surface area contributed by atoms with Crippen molar-refractivity contribution < 1.29 is 14.4 Å². The molecule has 0 saturated carbocycles. The van der Waals surface area contributed by atoms with Gasteiger partial charge in [-0.3, -0.25) is 19.3 Å².